The summed E-state index contributed by atoms with van der Waals surface area (Å²) in [5.41, 5.74) is 0. The standard InChI is InChI=1S/C14H24N2O5/c1-16(10-6-4-2-3-5-7-10)14(21)15-11(13(19)20)8-9-12(17)18/h10-11H,2-9H2,1H3,(H,15,21)(H,17,18)(H,19,20)/t11-/m0/s1. The molecule has 0 radical (unpaired) electrons. The zero-order valence-electron chi connectivity index (χ0n) is 12.4. The minimum absolute atomic E-state index is 0.116. The maximum absolute atomic E-state index is 12.1. The van der Waals surface area contributed by atoms with E-state index in [0.29, 0.717) is 0 Å². The van der Waals surface area contributed by atoms with Gasteiger partial charge in [-0.3, -0.25) is 4.79 Å². The molecule has 120 valence electrons. The molecule has 1 fully saturated rings. The smallest absolute Gasteiger partial charge is 0.326 e. The van der Waals surface area contributed by atoms with Gasteiger partial charge in [0.25, 0.3) is 0 Å². The molecule has 1 rings (SSSR count). The van der Waals surface area contributed by atoms with Gasteiger partial charge in [-0.2, -0.15) is 0 Å². The third-order valence-electron chi connectivity index (χ3n) is 3.94. The number of carboxylic acid groups (broad SMARTS) is 2. The normalized spacial score (nSPS) is 17.6. The number of aliphatic carboxylic acids is 2. The molecule has 0 aromatic carbocycles. The number of nitrogens with zero attached hydrogens (tertiary/aromatic N) is 1. The van der Waals surface area contributed by atoms with Gasteiger partial charge < -0.3 is 20.4 Å². The molecule has 1 saturated carbocycles. The van der Waals surface area contributed by atoms with Crippen LogP contribution < -0.4 is 5.32 Å². The van der Waals surface area contributed by atoms with Crippen LogP contribution in [-0.4, -0.2) is 52.2 Å². The van der Waals surface area contributed by atoms with Crippen LogP contribution in [-0.2, 0) is 9.59 Å². The van der Waals surface area contributed by atoms with Crippen LogP contribution >= 0.6 is 0 Å². The van der Waals surface area contributed by atoms with Gasteiger partial charge in [-0.15, -0.1) is 0 Å². The Labute approximate surface area is 124 Å². The Balaban J connectivity index is 2.54. The molecule has 3 N–H and O–H groups in total. The molecule has 7 heteroatoms. The molecule has 0 aliphatic heterocycles. The van der Waals surface area contributed by atoms with E-state index in [0.717, 1.165) is 25.7 Å². The molecule has 1 aliphatic carbocycles. The van der Waals surface area contributed by atoms with E-state index in [1.165, 1.54) is 12.8 Å². The molecule has 2 amide bonds. The van der Waals surface area contributed by atoms with Crippen LogP contribution in [0, 0.1) is 0 Å². The number of carboxylic acids is 2. The van der Waals surface area contributed by atoms with E-state index in [9.17, 15) is 14.4 Å². The fourth-order valence-corrected chi connectivity index (χ4v) is 2.59. The first-order valence-corrected chi connectivity index (χ1v) is 7.39. The number of rotatable bonds is 6. The lowest BCUT2D eigenvalue weighted by Gasteiger charge is -2.28. The molecule has 0 spiro atoms. The molecule has 0 bridgehead atoms. The van der Waals surface area contributed by atoms with Crippen molar-refractivity contribution >= 4 is 18.0 Å². The Morgan fingerprint density at radius 1 is 1.14 bits per heavy atom. The highest BCUT2D eigenvalue weighted by Crippen LogP contribution is 2.21. The number of carbonyl (C=O) groups excluding carboxylic acids is 1. The Bertz CT molecular complexity index is 378. The van der Waals surface area contributed by atoms with Crippen LogP contribution in [0.25, 0.3) is 0 Å². The third kappa shape index (κ3) is 6.01. The fraction of sp³-hybridized carbons (Fsp3) is 0.786. The van der Waals surface area contributed by atoms with Crippen molar-refractivity contribution in [3.63, 3.8) is 0 Å². The second-order valence-electron chi connectivity index (χ2n) is 5.53. The highest BCUT2D eigenvalue weighted by atomic mass is 16.4. The van der Waals surface area contributed by atoms with Gasteiger partial charge in [-0.05, 0) is 19.3 Å². The van der Waals surface area contributed by atoms with Crippen molar-refractivity contribution in [1.29, 1.82) is 0 Å². The van der Waals surface area contributed by atoms with E-state index in [2.05, 4.69) is 5.32 Å². The van der Waals surface area contributed by atoms with Crippen molar-refractivity contribution in [2.24, 2.45) is 0 Å². The lowest BCUT2D eigenvalue weighted by molar-refractivity contribution is -0.140. The van der Waals surface area contributed by atoms with Crippen molar-refractivity contribution in [2.75, 3.05) is 7.05 Å². The van der Waals surface area contributed by atoms with Gasteiger partial charge in [0.1, 0.15) is 6.04 Å². The topological polar surface area (TPSA) is 107 Å². The molecule has 7 nitrogen and oxygen atoms in total. The maximum Gasteiger partial charge on any atom is 0.326 e. The number of amides is 2. The number of hydrogen-bond donors (Lipinski definition) is 3. The SMILES string of the molecule is CN(C(=O)N[C@@H](CCC(=O)O)C(=O)O)C1CCCCCC1. The Morgan fingerprint density at radius 3 is 2.19 bits per heavy atom. The van der Waals surface area contributed by atoms with Crippen molar-refractivity contribution in [2.45, 2.75) is 63.5 Å². The van der Waals surface area contributed by atoms with Crippen LogP contribution in [0.1, 0.15) is 51.4 Å². The molecular formula is C14H24N2O5. The van der Waals surface area contributed by atoms with Crippen LogP contribution in [0.5, 0.6) is 0 Å². The monoisotopic (exact) mass is 300 g/mol. The van der Waals surface area contributed by atoms with Crippen molar-refractivity contribution in [3.8, 4) is 0 Å². The van der Waals surface area contributed by atoms with E-state index < -0.39 is 24.0 Å². The van der Waals surface area contributed by atoms with Crippen molar-refractivity contribution in [1.82, 2.24) is 10.2 Å². The molecule has 1 atom stereocenters. The second kappa shape index (κ2) is 8.49. The minimum Gasteiger partial charge on any atom is -0.481 e. The first-order chi connectivity index (χ1) is 9.91. The molecule has 21 heavy (non-hydrogen) atoms. The lowest BCUT2D eigenvalue weighted by Crippen LogP contribution is -2.49. The van der Waals surface area contributed by atoms with Crippen molar-refractivity contribution in [3.05, 3.63) is 0 Å². The van der Waals surface area contributed by atoms with Gasteiger partial charge in [0, 0.05) is 19.5 Å². The first kappa shape index (κ1) is 17.3. The average Bonchev–Trinajstić information content (AvgIpc) is 2.70. The molecule has 0 aromatic heterocycles. The largest absolute Gasteiger partial charge is 0.481 e. The quantitative estimate of drug-likeness (QED) is 0.647. The number of hydrogen-bond acceptors (Lipinski definition) is 3. The van der Waals surface area contributed by atoms with E-state index in [4.69, 9.17) is 10.2 Å². The number of carbonyl (C=O) groups is 3. The van der Waals surface area contributed by atoms with Gasteiger partial charge >= 0.3 is 18.0 Å². The molecule has 1 aliphatic rings. The van der Waals surface area contributed by atoms with Gasteiger partial charge in [0.15, 0.2) is 0 Å². The number of nitrogens with one attached hydrogen (secondary N) is 1. The highest BCUT2D eigenvalue weighted by molar-refractivity contribution is 5.83. The molecular weight excluding hydrogens is 276 g/mol. The van der Waals surface area contributed by atoms with E-state index in [1.807, 2.05) is 0 Å². The number of urea groups is 1. The van der Waals surface area contributed by atoms with Gasteiger partial charge in [-0.25, -0.2) is 9.59 Å². The second-order valence-corrected chi connectivity index (χ2v) is 5.53. The average molecular weight is 300 g/mol. The summed E-state index contributed by atoms with van der Waals surface area (Å²) in [6, 6.07) is -1.48. The lowest BCUT2D eigenvalue weighted by atomic mass is 10.1. The molecule has 0 heterocycles. The van der Waals surface area contributed by atoms with Crippen LogP contribution in [0.15, 0.2) is 0 Å². The van der Waals surface area contributed by atoms with E-state index >= 15 is 0 Å². The van der Waals surface area contributed by atoms with E-state index in [-0.39, 0.29) is 18.9 Å². The van der Waals surface area contributed by atoms with Gasteiger partial charge in [-0.1, -0.05) is 25.7 Å². The summed E-state index contributed by atoms with van der Waals surface area (Å²) < 4.78 is 0. The van der Waals surface area contributed by atoms with Gasteiger partial charge in [0.2, 0.25) is 0 Å². The Hall–Kier alpha value is -1.79. The molecule has 0 unspecified atom stereocenters. The summed E-state index contributed by atoms with van der Waals surface area (Å²) in [5.74, 6) is -2.29. The summed E-state index contributed by atoms with van der Waals surface area (Å²) in [4.78, 5) is 35.3. The first-order valence-electron chi connectivity index (χ1n) is 7.39. The minimum atomic E-state index is -1.21. The maximum atomic E-state index is 12.1. The van der Waals surface area contributed by atoms with Gasteiger partial charge in [0.05, 0.1) is 0 Å². The zero-order chi connectivity index (χ0) is 15.8. The Kier molecular flexibility index (Phi) is 6.98. The fourth-order valence-electron chi connectivity index (χ4n) is 2.59. The summed E-state index contributed by atoms with van der Waals surface area (Å²) >= 11 is 0. The molecule has 0 aromatic rings. The zero-order valence-corrected chi connectivity index (χ0v) is 12.4. The van der Waals surface area contributed by atoms with Crippen molar-refractivity contribution < 1.29 is 24.6 Å². The highest BCUT2D eigenvalue weighted by Gasteiger charge is 2.26. The van der Waals surface area contributed by atoms with Crippen LogP contribution in [0.2, 0.25) is 0 Å². The summed E-state index contributed by atoms with van der Waals surface area (Å²) in [5, 5.41) is 20.1. The van der Waals surface area contributed by atoms with E-state index in [1.54, 1.807) is 11.9 Å². The predicted octanol–water partition coefficient (Wildman–Crippen LogP) is 1.67. The summed E-state index contributed by atoms with van der Waals surface area (Å²) in [6.07, 6.45) is 5.94. The Morgan fingerprint density at radius 2 is 1.71 bits per heavy atom. The summed E-state index contributed by atoms with van der Waals surface area (Å²) in [6.45, 7) is 0. The molecule has 0 saturated heterocycles. The third-order valence-corrected chi connectivity index (χ3v) is 3.94. The predicted molar refractivity (Wildman–Crippen MR) is 76.1 cm³/mol. The van der Waals surface area contributed by atoms with Crippen LogP contribution in [0.4, 0.5) is 4.79 Å². The van der Waals surface area contributed by atoms with Crippen LogP contribution in [0.3, 0.4) is 0 Å². The summed E-state index contributed by atoms with van der Waals surface area (Å²) in [7, 11) is 1.67.